The maximum absolute atomic E-state index is 5.71. The average molecular weight is 397 g/mol. The molecule has 2 aromatic heterocycles. The van der Waals surface area contributed by atoms with E-state index in [-0.39, 0.29) is 6.54 Å². The van der Waals surface area contributed by atoms with Gasteiger partial charge in [0, 0.05) is 10.0 Å². The van der Waals surface area contributed by atoms with Gasteiger partial charge in [-0.15, -0.1) is 20.4 Å². The maximum atomic E-state index is 5.71. The summed E-state index contributed by atoms with van der Waals surface area (Å²) >= 11 is 3.48. The van der Waals surface area contributed by atoms with Gasteiger partial charge in [-0.05, 0) is 45.8 Å². The Bertz CT molecular complexity index is 943. The van der Waals surface area contributed by atoms with Gasteiger partial charge < -0.3 is 4.42 Å². The molecule has 0 amide bonds. The highest BCUT2D eigenvalue weighted by Crippen LogP contribution is 2.26. The van der Waals surface area contributed by atoms with Gasteiger partial charge in [-0.3, -0.25) is 0 Å². The minimum absolute atomic E-state index is 0.260. The Balaban J connectivity index is 1.56. The van der Waals surface area contributed by atoms with Crippen molar-refractivity contribution in [3.8, 4) is 22.8 Å². The van der Waals surface area contributed by atoms with Gasteiger partial charge in [0.1, 0.15) is 6.54 Å². The van der Waals surface area contributed by atoms with E-state index >= 15 is 0 Å². The third-order valence-corrected chi connectivity index (χ3v) is 4.38. The molecule has 4 rings (SSSR count). The molecule has 4 aromatic rings. The van der Waals surface area contributed by atoms with Crippen LogP contribution in [0.5, 0.6) is 0 Å². The summed E-state index contributed by atoms with van der Waals surface area (Å²) in [5, 5.41) is 20.7. The van der Waals surface area contributed by atoms with E-state index < -0.39 is 0 Å². The second kappa shape index (κ2) is 6.56. The van der Waals surface area contributed by atoms with Gasteiger partial charge in [-0.25, -0.2) is 0 Å². The first-order valence-electron chi connectivity index (χ1n) is 7.62. The van der Waals surface area contributed by atoms with Crippen molar-refractivity contribution in [1.82, 2.24) is 30.4 Å². The number of hydrogen-bond donors (Lipinski definition) is 0. The fraction of sp³-hybridized carbons (Fsp3) is 0.118. The van der Waals surface area contributed by atoms with Crippen molar-refractivity contribution >= 4 is 15.9 Å². The lowest BCUT2D eigenvalue weighted by atomic mass is 10.1. The zero-order valence-electron chi connectivity index (χ0n) is 13.3. The van der Waals surface area contributed by atoms with Crippen molar-refractivity contribution in [2.75, 3.05) is 0 Å². The normalized spacial score (nSPS) is 11.0. The Hall–Kier alpha value is -2.87. The highest BCUT2D eigenvalue weighted by molar-refractivity contribution is 9.10. The SMILES string of the molecule is Cc1ccccc1-c1nnn(Cc2nnc(-c3ccccc3Br)o2)n1. The smallest absolute Gasteiger partial charge is 0.248 e. The van der Waals surface area contributed by atoms with Crippen molar-refractivity contribution < 1.29 is 4.42 Å². The van der Waals surface area contributed by atoms with Gasteiger partial charge in [0.05, 0.1) is 5.56 Å². The first-order chi connectivity index (χ1) is 12.2. The van der Waals surface area contributed by atoms with E-state index in [2.05, 4.69) is 41.5 Å². The summed E-state index contributed by atoms with van der Waals surface area (Å²) in [6.45, 7) is 2.27. The number of aryl methyl sites for hydroxylation is 1. The maximum Gasteiger partial charge on any atom is 0.248 e. The van der Waals surface area contributed by atoms with Crippen molar-refractivity contribution in [3.63, 3.8) is 0 Å². The molecule has 0 aliphatic carbocycles. The average Bonchev–Trinajstić information content (AvgIpc) is 3.26. The highest BCUT2D eigenvalue weighted by atomic mass is 79.9. The fourth-order valence-electron chi connectivity index (χ4n) is 2.42. The third-order valence-electron chi connectivity index (χ3n) is 3.69. The molecular weight excluding hydrogens is 384 g/mol. The predicted molar refractivity (Wildman–Crippen MR) is 94.5 cm³/mol. The molecule has 0 aliphatic rings. The van der Waals surface area contributed by atoms with Crippen LogP contribution < -0.4 is 0 Å². The van der Waals surface area contributed by atoms with Gasteiger partial charge in [0.2, 0.25) is 17.6 Å². The van der Waals surface area contributed by atoms with Crippen LogP contribution >= 0.6 is 15.9 Å². The van der Waals surface area contributed by atoms with Crippen LogP contribution in [0.25, 0.3) is 22.8 Å². The summed E-state index contributed by atoms with van der Waals surface area (Å²) in [7, 11) is 0. The summed E-state index contributed by atoms with van der Waals surface area (Å²) in [6.07, 6.45) is 0. The fourth-order valence-corrected chi connectivity index (χ4v) is 2.88. The Labute approximate surface area is 151 Å². The summed E-state index contributed by atoms with van der Waals surface area (Å²) in [5.41, 5.74) is 2.89. The molecule has 0 fully saturated rings. The topological polar surface area (TPSA) is 82.5 Å². The minimum Gasteiger partial charge on any atom is -0.419 e. The van der Waals surface area contributed by atoms with Crippen molar-refractivity contribution in [2.45, 2.75) is 13.5 Å². The molecule has 0 saturated carbocycles. The molecule has 25 heavy (non-hydrogen) atoms. The van der Waals surface area contributed by atoms with Gasteiger partial charge in [-0.2, -0.15) is 4.80 Å². The van der Waals surface area contributed by atoms with E-state index in [0.717, 1.165) is 21.2 Å². The minimum atomic E-state index is 0.260. The first-order valence-corrected chi connectivity index (χ1v) is 8.41. The lowest BCUT2D eigenvalue weighted by molar-refractivity contribution is 0.446. The van der Waals surface area contributed by atoms with Crippen molar-refractivity contribution in [1.29, 1.82) is 0 Å². The molecule has 0 saturated heterocycles. The van der Waals surface area contributed by atoms with E-state index in [0.29, 0.717) is 17.6 Å². The van der Waals surface area contributed by atoms with E-state index in [9.17, 15) is 0 Å². The summed E-state index contributed by atoms with van der Waals surface area (Å²) in [6, 6.07) is 15.6. The van der Waals surface area contributed by atoms with Crippen molar-refractivity contribution in [2.24, 2.45) is 0 Å². The summed E-state index contributed by atoms with van der Waals surface area (Å²) in [5.74, 6) is 1.44. The molecular formula is C17H13BrN6O. The second-order valence-corrected chi connectivity index (χ2v) is 6.29. The molecule has 8 heteroatoms. The largest absolute Gasteiger partial charge is 0.419 e. The van der Waals surface area contributed by atoms with Crippen molar-refractivity contribution in [3.05, 3.63) is 64.5 Å². The molecule has 7 nitrogen and oxygen atoms in total. The number of rotatable bonds is 4. The first kappa shape index (κ1) is 15.6. The molecule has 0 unspecified atom stereocenters. The lowest BCUT2D eigenvalue weighted by Gasteiger charge is -1.98. The molecule has 0 spiro atoms. The number of aromatic nitrogens is 6. The monoisotopic (exact) mass is 396 g/mol. The van der Waals surface area contributed by atoms with Crippen LogP contribution in [0, 0.1) is 6.92 Å². The van der Waals surface area contributed by atoms with Gasteiger partial charge in [0.15, 0.2) is 0 Å². The Morgan fingerprint density at radius 1 is 0.960 bits per heavy atom. The molecule has 2 aromatic carbocycles. The lowest BCUT2D eigenvalue weighted by Crippen LogP contribution is -2.04. The summed E-state index contributed by atoms with van der Waals surface area (Å²) < 4.78 is 6.61. The quantitative estimate of drug-likeness (QED) is 0.524. The Morgan fingerprint density at radius 2 is 1.72 bits per heavy atom. The number of tetrazole rings is 1. The highest BCUT2D eigenvalue weighted by Gasteiger charge is 2.14. The number of benzene rings is 2. The molecule has 0 radical (unpaired) electrons. The van der Waals surface area contributed by atoms with Gasteiger partial charge >= 0.3 is 0 Å². The second-order valence-electron chi connectivity index (χ2n) is 5.44. The van der Waals surface area contributed by atoms with Crippen LogP contribution in [0.15, 0.2) is 57.4 Å². The molecule has 0 bridgehead atoms. The molecule has 0 atom stereocenters. The third kappa shape index (κ3) is 3.20. The van der Waals surface area contributed by atoms with E-state index in [1.165, 1.54) is 4.80 Å². The van der Waals surface area contributed by atoms with E-state index in [1.54, 1.807) is 0 Å². The number of hydrogen-bond acceptors (Lipinski definition) is 6. The predicted octanol–water partition coefficient (Wildman–Crippen LogP) is 3.51. The van der Waals surface area contributed by atoms with Gasteiger partial charge in [0.25, 0.3) is 0 Å². The zero-order valence-corrected chi connectivity index (χ0v) is 14.9. The Kier molecular flexibility index (Phi) is 4.10. The van der Waals surface area contributed by atoms with Crippen LogP contribution in [-0.2, 0) is 6.54 Å². The van der Waals surface area contributed by atoms with Crippen LogP contribution in [0.3, 0.4) is 0 Å². The molecule has 0 aliphatic heterocycles. The van der Waals surface area contributed by atoms with E-state index in [1.807, 2.05) is 55.5 Å². The zero-order chi connectivity index (χ0) is 17.2. The number of halogens is 1. The van der Waals surface area contributed by atoms with E-state index in [4.69, 9.17) is 4.42 Å². The van der Waals surface area contributed by atoms with Crippen LogP contribution in [-0.4, -0.2) is 30.4 Å². The van der Waals surface area contributed by atoms with Crippen LogP contribution in [0.1, 0.15) is 11.5 Å². The van der Waals surface area contributed by atoms with Gasteiger partial charge in [-0.1, -0.05) is 36.4 Å². The standard InChI is InChI=1S/C17H13BrN6O/c1-11-6-2-3-7-12(11)16-20-23-24(22-16)10-15-19-21-17(25-15)13-8-4-5-9-14(13)18/h2-9H,10H2,1H3. The molecule has 2 heterocycles. The molecule has 124 valence electrons. The number of nitrogens with zero attached hydrogens (tertiary/aromatic N) is 6. The molecule has 0 N–H and O–H groups in total. The van der Waals surface area contributed by atoms with Crippen LogP contribution in [0.4, 0.5) is 0 Å². The Morgan fingerprint density at radius 3 is 2.52 bits per heavy atom. The van der Waals surface area contributed by atoms with Crippen LogP contribution in [0.2, 0.25) is 0 Å². The summed E-state index contributed by atoms with van der Waals surface area (Å²) in [4.78, 5) is 1.44.